The van der Waals surface area contributed by atoms with Crippen LogP contribution in [0, 0.1) is 11.3 Å². The largest absolute Gasteiger partial charge is 0.396 e. The van der Waals surface area contributed by atoms with Crippen LogP contribution < -0.4 is 0 Å². The lowest BCUT2D eigenvalue weighted by Gasteiger charge is -2.13. The van der Waals surface area contributed by atoms with Gasteiger partial charge in [-0.25, -0.2) is 0 Å². The fraction of sp³-hybridized carbons (Fsp3) is 1.00. The zero-order chi connectivity index (χ0) is 7.35. The third kappa shape index (κ3) is 0.528. The molecule has 2 nitrogen and oxygen atoms in total. The van der Waals surface area contributed by atoms with Crippen molar-refractivity contribution < 1.29 is 11.6 Å². The van der Waals surface area contributed by atoms with Gasteiger partial charge in [-0.15, -0.1) is 0 Å². The van der Waals surface area contributed by atoms with E-state index in [0.29, 0.717) is 6.42 Å². The van der Waals surface area contributed by atoms with Gasteiger partial charge in [-0.05, 0) is 25.2 Å². The van der Waals surface area contributed by atoms with Gasteiger partial charge in [-0.1, -0.05) is 0 Å². The van der Waals surface area contributed by atoms with Crippen LogP contribution in [0.3, 0.4) is 0 Å². The second-order valence-electron chi connectivity index (χ2n) is 3.19. The monoisotopic (exact) mass is 130 g/mol. The molecule has 2 fully saturated rings. The summed E-state index contributed by atoms with van der Waals surface area (Å²) in [5.74, 6) is 0.285. The van der Waals surface area contributed by atoms with E-state index in [9.17, 15) is 5.11 Å². The number of aliphatic hydroxyl groups is 2. The Bertz CT molecular complexity index is 158. The SMILES string of the molecule is [3H]C1CC(O)[C@]2(CO)C[C@H]12. The third-order valence-electron chi connectivity index (χ3n) is 2.78. The first-order chi connectivity index (χ1) is 4.70. The van der Waals surface area contributed by atoms with Crippen molar-refractivity contribution in [3.8, 4) is 0 Å². The maximum atomic E-state index is 9.38. The summed E-state index contributed by atoms with van der Waals surface area (Å²) in [4.78, 5) is 0. The zero-order valence-corrected chi connectivity index (χ0v) is 5.25. The summed E-state index contributed by atoms with van der Waals surface area (Å²) < 4.78 is 7.47. The van der Waals surface area contributed by atoms with Crippen LogP contribution >= 0.6 is 0 Å². The second-order valence-corrected chi connectivity index (χ2v) is 3.19. The van der Waals surface area contributed by atoms with Crippen LogP contribution in [0.4, 0.5) is 0 Å². The molecule has 0 heterocycles. The molecule has 0 aliphatic heterocycles. The van der Waals surface area contributed by atoms with E-state index in [1.807, 2.05) is 0 Å². The van der Waals surface area contributed by atoms with Crippen molar-refractivity contribution in [3.05, 3.63) is 0 Å². The minimum absolute atomic E-state index is 0.0637. The quantitative estimate of drug-likeness (QED) is 0.530. The van der Waals surface area contributed by atoms with E-state index in [0.717, 1.165) is 6.42 Å². The van der Waals surface area contributed by atoms with Gasteiger partial charge in [0.05, 0.1) is 12.7 Å². The molecular formula is C7H12O2. The molecule has 2 rings (SSSR count). The standard InChI is InChI=1S/C7H12O2/c8-4-7-3-5(7)1-2-6(7)9/h5-6,8-9H,1-4H2/t5-,6?,7-/m0/s1/i1T/t1?,5-,6?,7-. The molecule has 0 aromatic heterocycles. The summed E-state index contributed by atoms with van der Waals surface area (Å²) in [5, 5.41) is 18.3. The Balaban J connectivity index is 2.16. The van der Waals surface area contributed by atoms with Crippen molar-refractivity contribution in [3.63, 3.8) is 0 Å². The number of fused-ring (bicyclic) bond motifs is 1. The van der Waals surface area contributed by atoms with Crippen LogP contribution in [0.1, 0.15) is 20.6 Å². The minimum Gasteiger partial charge on any atom is -0.396 e. The lowest BCUT2D eigenvalue weighted by molar-refractivity contribution is 0.0612. The summed E-state index contributed by atoms with van der Waals surface area (Å²) in [6.45, 7) is 0.0637. The Labute approximate surface area is 55.9 Å². The van der Waals surface area contributed by atoms with Crippen LogP contribution in [0.5, 0.6) is 0 Å². The lowest BCUT2D eigenvalue weighted by atomic mass is 10.0. The molecule has 2 aliphatic rings. The number of aliphatic hydroxyl groups excluding tert-OH is 2. The first-order valence-electron chi connectivity index (χ1n) is 3.99. The molecule has 0 bridgehead atoms. The van der Waals surface area contributed by atoms with Gasteiger partial charge in [0.15, 0.2) is 0 Å². The second kappa shape index (κ2) is 1.50. The molecule has 0 radical (unpaired) electrons. The summed E-state index contributed by atoms with van der Waals surface area (Å²) in [6, 6.07) is 0. The van der Waals surface area contributed by atoms with E-state index in [1.165, 1.54) is 0 Å². The van der Waals surface area contributed by atoms with E-state index < -0.39 is 6.10 Å². The molecule has 2 heteroatoms. The van der Waals surface area contributed by atoms with Gasteiger partial charge < -0.3 is 10.2 Å². The van der Waals surface area contributed by atoms with E-state index in [4.69, 9.17) is 6.48 Å². The Morgan fingerprint density at radius 1 is 1.78 bits per heavy atom. The number of hydrogen-bond donors (Lipinski definition) is 2. The smallest absolute Gasteiger partial charge is 0.0621 e. The molecule has 0 aromatic rings. The fourth-order valence-electron chi connectivity index (χ4n) is 1.87. The molecule has 0 aromatic carbocycles. The average Bonchev–Trinajstić information content (AvgIpc) is 2.57. The molecular weight excluding hydrogens is 116 g/mol. The summed E-state index contributed by atoms with van der Waals surface area (Å²) in [7, 11) is 0. The predicted octanol–water partition coefficient (Wildman–Crippen LogP) is 0.140. The molecule has 2 saturated carbocycles. The average molecular weight is 130 g/mol. The first kappa shape index (κ1) is 4.69. The van der Waals surface area contributed by atoms with Gasteiger partial charge in [-0.2, -0.15) is 0 Å². The van der Waals surface area contributed by atoms with Gasteiger partial charge in [-0.3, -0.25) is 0 Å². The van der Waals surface area contributed by atoms with Crippen molar-refractivity contribution in [2.45, 2.75) is 25.3 Å². The first-order valence-corrected chi connectivity index (χ1v) is 3.42. The molecule has 2 aliphatic carbocycles. The summed E-state index contributed by atoms with van der Waals surface area (Å²) >= 11 is 0. The minimum atomic E-state index is -0.412. The van der Waals surface area contributed by atoms with Crippen molar-refractivity contribution >= 4 is 0 Å². The lowest BCUT2D eigenvalue weighted by Crippen LogP contribution is -2.22. The molecule has 0 amide bonds. The number of rotatable bonds is 1. The summed E-state index contributed by atoms with van der Waals surface area (Å²) in [6.07, 6.45) is 0.886. The highest BCUT2D eigenvalue weighted by Gasteiger charge is 2.61. The Morgan fingerprint density at radius 3 is 2.78 bits per heavy atom. The van der Waals surface area contributed by atoms with Crippen LogP contribution in [-0.4, -0.2) is 22.9 Å². The van der Waals surface area contributed by atoms with Crippen LogP contribution in [0.25, 0.3) is 0 Å². The maximum Gasteiger partial charge on any atom is 0.0621 e. The fourth-order valence-corrected chi connectivity index (χ4v) is 1.87. The van der Waals surface area contributed by atoms with Gasteiger partial charge in [0.25, 0.3) is 0 Å². The topological polar surface area (TPSA) is 40.5 Å². The van der Waals surface area contributed by atoms with Crippen molar-refractivity contribution in [2.75, 3.05) is 6.61 Å². The van der Waals surface area contributed by atoms with Gasteiger partial charge in [0.1, 0.15) is 0 Å². The molecule has 52 valence electrons. The van der Waals surface area contributed by atoms with Gasteiger partial charge in [0, 0.05) is 6.79 Å². The molecule has 0 saturated heterocycles. The van der Waals surface area contributed by atoms with E-state index in [-0.39, 0.29) is 24.3 Å². The van der Waals surface area contributed by atoms with Crippen LogP contribution in [0.2, 0.25) is 0 Å². The molecule has 4 atom stereocenters. The highest BCUT2D eigenvalue weighted by Crippen LogP contribution is 2.62. The highest BCUT2D eigenvalue weighted by molar-refractivity contribution is 5.11. The Kier molecular flexibility index (Phi) is 0.780. The van der Waals surface area contributed by atoms with Crippen LogP contribution in [0.15, 0.2) is 0 Å². The van der Waals surface area contributed by atoms with E-state index in [1.54, 1.807) is 0 Å². The molecule has 2 N–H and O–H groups in total. The maximum absolute atomic E-state index is 9.38. The normalized spacial score (nSPS) is 65.1. The van der Waals surface area contributed by atoms with Crippen LogP contribution in [-0.2, 0) is 0 Å². The third-order valence-corrected chi connectivity index (χ3v) is 2.78. The van der Waals surface area contributed by atoms with Crippen molar-refractivity contribution in [2.24, 2.45) is 11.3 Å². The zero-order valence-electron chi connectivity index (χ0n) is 6.25. The van der Waals surface area contributed by atoms with E-state index in [2.05, 4.69) is 0 Å². The van der Waals surface area contributed by atoms with Gasteiger partial charge >= 0.3 is 0 Å². The Morgan fingerprint density at radius 2 is 2.56 bits per heavy atom. The van der Waals surface area contributed by atoms with Crippen molar-refractivity contribution in [1.29, 1.82) is 0 Å². The Hall–Kier alpha value is -0.0800. The molecule has 9 heavy (non-hydrogen) atoms. The molecule has 0 spiro atoms. The number of hydrogen-bond acceptors (Lipinski definition) is 2. The predicted molar refractivity (Wildman–Crippen MR) is 32.9 cm³/mol. The van der Waals surface area contributed by atoms with E-state index >= 15 is 0 Å². The van der Waals surface area contributed by atoms with Gasteiger partial charge in [0.2, 0.25) is 0 Å². The summed E-state index contributed by atoms with van der Waals surface area (Å²) in [5.41, 5.74) is -0.244. The molecule has 2 unspecified atom stereocenters. The van der Waals surface area contributed by atoms with Crippen molar-refractivity contribution in [1.82, 2.24) is 0 Å². The highest BCUT2D eigenvalue weighted by atomic mass is 16.3.